The molecule has 0 saturated carbocycles. The van der Waals surface area contributed by atoms with Crippen molar-refractivity contribution in [1.29, 1.82) is 0 Å². The van der Waals surface area contributed by atoms with Crippen LogP contribution in [0.4, 0.5) is 0 Å². The third kappa shape index (κ3) is 5.36. The van der Waals surface area contributed by atoms with Gasteiger partial charge in [0, 0.05) is 31.6 Å². The summed E-state index contributed by atoms with van der Waals surface area (Å²) < 4.78 is 5.25. The summed E-state index contributed by atoms with van der Waals surface area (Å²) in [4.78, 5) is 6.92. The molecule has 0 aromatic heterocycles. The molecule has 0 aliphatic carbocycles. The van der Waals surface area contributed by atoms with E-state index in [1.165, 1.54) is 24.9 Å². The Morgan fingerprint density at radius 1 is 1.28 bits per heavy atom. The Labute approximate surface area is 152 Å². The van der Waals surface area contributed by atoms with Gasteiger partial charge in [0.2, 0.25) is 0 Å². The molecule has 1 aliphatic rings. The monoisotopic (exact) mass is 346 g/mol. The minimum Gasteiger partial charge on any atom is -0.497 e. The van der Waals surface area contributed by atoms with Crippen molar-refractivity contribution in [1.82, 2.24) is 15.5 Å². The number of guanidine groups is 1. The van der Waals surface area contributed by atoms with E-state index in [1.54, 1.807) is 7.11 Å². The number of likely N-dealkylation sites (N-methyl/N-ethyl adjacent to an activating group) is 1. The number of aliphatic imine (C=N–C) groups is 1. The molecule has 0 bridgehead atoms. The zero-order valence-electron chi connectivity index (χ0n) is 16.4. The largest absolute Gasteiger partial charge is 0.497 e. The second-order valence-electron chi connectivity index (χ2n) is 7.34. The predicted molar refractivity (Wildman–Crippen MR) is 106 cm³/mol. The van der Waals surface area contributed by atoms with Crippen LogP contribution in [0.15, 0.2) is 29.3 Å². The van der Waals surface area contributed by atoms with Gasteiger partial charge in [-0.3, -0.25) is 9.89 Å². The first kappa shape index (κ1) is 19.6. The maximum atomic E-state index is 5.25. The minimum atomic E-state index is 0.00665. The van der Waals surface area contributed by atoms with Crippen molar-refractivity contribution in [3.8, 4) is 5.75 Å². The van der Waals surface area contributed by atoms with Gasteiger partial charge in [0.1, 0.15) is 5.75 Å². The number of rotatable bonds is 7. The van der Waals surface area contributed by atoms with Crippen molar-refractivity contribution in [2.75, 3.05) is 40.3 Å². The molecule has 2 rings (SSSR count). The third-order valence-electron chi connectivity index (χ3n) is 5.20. The van der Waals surface area contributed by atoms with Crippen LogP contribution in [0.2, 0.25) is 0 Å². The van der Waals surface area contributed by atoms with Crippen molar-refractivity contribution < 1.29 is 4.74 Å². The smallest absolute Gasteiger partial charge is 0.191 e. The summed E-state index contributed by atoms with van der Waals surface area (Å²) in [7, 11) is 3.53. The van der Waals surface area contributed by atoms with Crippen LogP contribution in [0.25, 0.3) is 0 Å². The molecule has 5 heteroatoms. The van der Waals surface area contributed by atoms with E-state index in [1.807, 2.05) is 19.2 Å². The van der Waals surface area contributed by atoms with Gasteiger partial charge in [-0.2, -0.15) is 0 Å². The van der Waals surface area contributed by atoms with Crippen LogP contribution >= 0.6 is 0 Å². The highest BCUT2D eigenvalue weighted by Crippen LogP contribution is 2.24. The molecule has 140 valence electrons. The molecule has 25 heavy (non-hydrogen) atoms. The number of benzene rings is 1. The Morgan fingerprint density at radius 3 is 2.60 bits per heavy atom. The van der Waals surface area contributed by atoms with Crippen LogP contribution in [0.5, 0.6) is 5.75 Å². The lowest BCUT2D eigenvalue weighted by Crippen LogP contribution is -2.47. The molecular weight excluding hydrogens is 312 g/mol. The normalized spacial score (nSPS) is 19.1. The molecular formula is C20H34N4O. The standard InChI is InChI=1S/C20H34N4O/c1-6-24-13-7-8-17(24)14-22-19(21-4)23-15-20(2,3)16-9-11-18(25-5)12-10-16/h9-12,17H,6-8,13-15H2,1-5H3,(H2,21,22,23). The van der Waals surface area contributed by atoms with Gasteiger partial charge in [0.25, 0.3) is 0 Å². The number of hydrogen-bond donors (Lipinski definition) is 2. The predicted octanol–water partition coefficient (Wildman–Crippen LogP) is 2.62. The van der Waals surface area contributed by atoms with Crippen molar-refractivity contribution in [3.05, 3.63) is 29.8 Å². The molecule has 1 fully saturated rings. The van der Waals surface area contributed by atoms with Crippen molar-refractivity contribution >= 4 is 5.96 Å². The fraction of sp³-hybridized carbons (Fsp3) is 0.650. The van der Waals surface area contributed by atoms with Crippen LogP contribution in [0.3, 0.4) is 0 Å². The zero-order valence-corrected chi connectivity index (χ0v) is 16.4. The Bertz CT molecular complexity index is 553. The summed E-state index contributed by atoms with van der Waals surface area (Å²) in [5.41, 5.74) is 1.29. The molecule has 1 aliphatic heterocycles. The van der Waals surface area contributed by atoms with Crippen LogP contribution in [-0.4, -0.2) is 57.2 Å². The summed E-state index contributed by atoms with van der Waals surface area (Å²) in [6, 6.07) is 8.92. The lowest BCUT2D eigenvalue weighted by Gasteiger charge is -2.28. The first-order chi connectivity index (χ1) is 12.0. The second kappa shape index (κ2) is 9.09. The summed E-state index contributed by atoms with van der Waals surface area (Å²) >= 11 is 0. The summed E-state index contributed by atoms with van der Waals surface area (Å²) in [6.07, 6.45) is 2.58. The Morgan fingerprint density at radius 2 is 2.00 bits per heavy atom. The van der Waals surface area contributed by atoms with E-state index in [4.69, 9.17) is 4.74 Å². The number of ether oxygens (including phenoxy) is 1. The highest BCUT2D eigenvalue weighted by Gasteiger charge is 2.24. The van der Waals surface area contributed by atoms with E-state index >= 15 is 0 Å². The molecule has 1 heterocycles. The molecule has 0 spiro atoms. The number of nitrogens with one attached hydrogen (secondary N) is 2. The Balaban J connectivity index is 1.86. The van der Waals surface area contributed by atoms with Gasteiger partial charge in [-0.05, 0) is 43.6 Å². The molecule has 1 unspecified atom stereocenters. The topological polar surface area (TPSA) is 48.9 Å². The Kier molecular flexibility index (Phi) is 7.12. The van der Waals surface area contributed by atoms with E-state index in [2.05, 4.69) is 53.4 Å². The van der Waals surface area contributed by atoms with Crippen LogP contribution < -0.4 is 15.4 Å². The lowest BCUT2D eigenvalue weighted by atomic mass is 9.84. The van der Waals surface area contributed by atoms with Gasteiger partial charge < -0.3 is 15.4 Å². The highest BCUT2D eigenvalue weighted by atomic mass is 16.5. The van der Waals surface area contributed by atoms with E-state index < -0.39 is 0 Å². The fourth-order valence-electron chi connectivity index (χ4n) is 3.43. The van der Waals surface area contributed by atoms with Crippen LogP contribution in [0, 0.1) is 0 Å². The first-order valence-electron chi connectivity index (χ1n) is 9.33. The maximum absolute atomic E-state index is 5.25. The summed E-state index contributed by atoms with van der Waals surface area (Å²) in [6.45, 7) is 10.8. The van der Waals surface area contributed by atoms with Crippen molar-refractivity contribution in [2.45, 2.75) is 45.1 Å². The van der Waals surface area contributed by atoms with Gasteiger partial charge in [-0.25, -0.2) is 0 Å². The fourth-order valence-corrected chi connectivity index (χ4v) is 3.43. The van der Waals surface area contributed by atoms with Crippen LogP contribution in [-0.2, 0) is 5.41 Å². The molecule has 0 amide bonds. The molecule has 0 radical (unpaired) electrons. The number of likely N-dealkylation sites (tertiary alicyclic amines) is 1. The molecule has 1 atom stereocenters. The van der Waals surface area contributed by atoms with Gasteiger partial charge in [-0.15, -0.1) is 0 Å². The average molecular weight is 347 g/mol. The lowest BCUT2D eigenvalue weighted by molar-refractivity contribution is 0.267. The van der Waals surface area contributed by atoms with Gasteiger partial charge in [0.15, 0.2) is 5.96 Å². The van der Waals surface area contributed by atoms with Gasteiger partial charge >= 0.3 is 0 Å². The third-order valence-corrected chi connectivity index (χ3v) is 5.20. The molecule has 2 N–H and O–H groups in total. The SMILES string of the molecule is CCN1CCCC1CNC(=NC)NCC(C)(C)c1ccc(OC)cc1. The van der Waals surface area contributed by atoms with Crippen molar-refractivity contribution in [3.63, 3.8) is 0 Å². The molecule has 1 aromatic carbocycles. The molecule has 1 saturated heterocycles. The Hall–Kier alpha value is -1.75. The van der Waals surface area contributed by atoms with E-state index in [0.29, 0.717) is 6.04 Å². The van der Waals surface area contributed by atoms with Crippen molar-refractivity contribution in [2.24, 2.45) is 4.99 Å². The molecule has 5 nitrogen and oxygen atoms in total. The number of nitrogens with zero attached hydrogens (tertiary/aromatic N) is 2. The maximum Gasteiger partial charge on any atom is 0.191 e. The summed E-state index contributed by atoms with van der Waals surface area (Å²) in [5, 5.41) is 6.98. The zero-order chi connectivity index (χ0) is 18.3. The summed E-state index contributed by atoms with van der Waals surface area (Å²) in [5.74, 6) is 1.77. The first-order valence-corrected chi connectivity index (χ1v) is 9.33. The second-order valence-corrected chi connectivity index (χ2v) is 7.34. The van der Waals surface area contributed by atoms with E-state index in [-0.39, 0.29) is 5.41 Å². The van der Waals surface area contributed by atoms with E-state index in [0.717, 1.165) is 31.3 Å². The highest BCUT2D eigenvalue weighted by molar-refractivity contribution is 5.79. The van der Waals surface area contributed by atoms with Gasteiger partial charge in [-0.1, -0.05) is 32.9 Å². The average Bonchev–Trinajstić information content (AvgIpc) is 3.09. The van der Waals surface area contributed by atoms with Gasteiger partial charge in [0.05, 0.1) is 7.11 Å². The van der Waals surface area contributed by atoms with Crippen LogP contribution in [0.1, 0.15) is 39.2 Å². The number of hydrogen-bond acceptors (Lipinski definition) is 3. The minimum absolute atomic E-state index is 0.00665. The quantitative estimate of drug-likeness (QED) is 0.589. The number of methoxy groups -OCH3 is 1. The molecule has 1 aromatic rings. The van der Waals surface area contributed by atoms with E-state index in [9.17, 15) is 0 Å².